The highest BCUT2D eigenvalue weighted by Crippen LogP contribution is 2.25. The van der Waals surface area contributed by atoms with Crippen LogP contribution >= 0.6 is 23.2 Å². The van der Waals surface area contributed by atoms with Crippen LogP contribution < -0.4 is 10.1 Å². The molecule has 0 atom stereocenters. The van der Waals surface area contributed by atoms with Crippen molar-refractivity contribution >= 4 is 34.8 Å². The van der Waals surface area contributed by atoms with Gasteiger partial charge in [0.25, 0.3) is 5.91 Å². The summed E-state index contributed by atoms with van der Waals surface area (Å²) in [5, 5.41) is 3.05. The van der Waals surface area contributed by atoms with Crippen LogP contribution in [0.3, 0.4) is 0 Å². The number of benzene rings is 1. The molecule has 0 saturated heterocycles. The number of rotatable bonds is 6. The molecule has 8 heteroatoms. The number of nitrogens with one attached hydrogen (secondary N) is 1. The van der Waals surface area contributed by atoms with Crippen LogP contribution in [0, 0.1) is 0 Å². The van der Waals surface area contributed by atoms with Crippen LogP contribution in [0.25, 0.3) is 0 Å². The molecule has 3 rings (SSSR count). The van der Waals surface area contributed by atoms with Crippen molar-refractivity contribution in [2.24, 2.45) is 0 Å². The van der Waals surface area contributed by atoms with Crippen LogP contribution in [0.15, 0.2) is 55.1 Å². The Hall–Kier alpha value is -2.57. The SMILES string of the molecule is O=C(Nc1ccccc1OCCn1ccnc1)c1ccc(Cl)nc1Cl. The zero-order valence-corrected chi connectivity index (χ0v) is 14.5. The van der Waals surface area contributed by atoms with Gasteiger partial charge in [0.1, 0.15) is 22.7 Å². The molecule has 0 aliphatic carbocycles. The minimum Gasteiger partial charge on any atom is -0.490 e. The topological polar surface area (TPSA) is 69.0 Å². The monoisotopic (exact) mass is 376 g/mol. The first-order chi connectivity index (χ1) is 12.1. The molecule has 128 valence electrons. The van der Waals surface area contributed by atoms with Gasteiger partial charge < -0.3 is 14.6 Å². The second-order valence-corrected chi connectivity index (χ2v) is 5.82. The summed E-state index contributed by atoms with van der Waals surface area (Å²) in [6.45, 7) is 1.09. The van der Waals surface area contributed by atoms with Crippen molar-refractivity contribution in [1.82, 2.24) is 14.5 Å². The average molecular weight is 377 g/mol. The van der Waals surface area contributed by atoms with Crippen molar-refractivity contribution in [2.75, 3.05) is 11.9 Å². The van der Waals surface area contributed by atoms with E-state index >= 15 is 0 Å². The van der Waals surface area contributed by atoms with E-state index in [1.165, 1.54) is 12.1 Å². The van der Waals surface area contributed by atoms with E-state index in [4.69, 9.17) is 27.9 Å². The van der Waals surface area contributed by atoms with Gasteiger partial charge in [-0.05, 0) is 24.3 Å². The van der Waals surface area contributed by atoms with Crippen LogP contribution in [0.2, 0.25) is 10.3 Å². The number of anilines is 1. The molecular weight excluding hydrogens is 363 g/mol. The van der Waals surface area contributed by atoms with Gasteiger partial charge in [0, 0.05) is 12.4 Å². The van der Waals surface area contributed by atoms with E-state index in [1.807, 2.05) is 16.8 Å². The summed E-state index contributed by atoms with van der Waals surface area (Å²) in [4.78, 5) is 20.3. The molecule has 1 aromatic carbocycles. The number of carbonyl (C=O) groups is 1. The second-order valence-electron chi connectivity index (χ2n) is 5.07. The number of hydrogen-bond donors (Lipinski definition) is 1. The average Bonchev–Trinajstić information content (AvgIpc) is 3.09. The van der Waals surface area contributed by atoms with Gasteiger partial charge in [0.2, 0.25) is 0 Å². The third-order valence-corrected chi connectivity index (χ3v) is 3.86. The summed E-state index contributed by atoms with van der Waals surface area (Å²) >= 11 is 11.7. The Labute approximate surface area is 154 Å². The zero-order chi connectivity index (χ0) is 17.6. The van der Waals surface area contributed by atoms with E-state index in [2.05, 4.69) is 15.3 Å². The van der Waals surface area contributed by atoms with E-state index in [0.29, 0.717) is 24.6 Å². The lowest BCUT2D eigenvalue weighted by atomic mass is 10.2. The number of carbonyl (C=O) groups excluding carboxylic acids is 1. The highest BCUT2D eigenvalue weighted by molar-refractivity contribution is 6.35. The number of ether oxygens (including phenoxy) is 1. The first kappa shape index (κ1) is 17.3. The van der Waals surface area contributed by atoms with Gasteiger partial charge in [0.05, 0.1) is 24.1 Å². The Morgan fingerprint density at radius 3 is 2.80 bits per heavy atom. The van der Waals surface area contributed by atoms with Gasteiger partial charge >= 0.3 is 0 Å². The number of para-hydroxylation sites is 2. The molecular formula is C17H14Cl2N4O2. The minimum atomic E-state index is -0.389. The Morgan fingerprint density at radius 1 is 1.20 bits per heavy atom. The molecule has 0 fully saturated rings. The van der Waals surface area contributed by atoms with E-state index in [9.17, 15) is 4.79 Å². The number of hydrogen-bond acceptors (Lipinski definition) is 4. The molecule has 1 N–H and O–H groups in total. The number of imidazole rings is 1. The summed E-state index contributed by atoms with van der Waals surface area (Å²) < 4.78 is 7.67. The lowest BCUT2D eigenvalue weighted by molar-refractivity contribution is 0.102. The van der Waals surface area contributed by atoms with Gasteiger partial charge in [-0.1, -0.05) is 35.3 Å². The van der Waals surface area contributed by atoms with Crippen LogP contribution in [0.4, 0.5) is 5.69 Å². The van der Waals surface area contributed by atoms with Crippen molar-refractivity contribution in [2.45, 2.75) is 6.54 Å². The maximum Gasteiger partial charge on any atom is 0.258 e. The first-order valence-corrected chi connectivity index (χ1v) is 8.20. The number of halogens is 2. The van der Waals surface area contributed by atoms with Gasteiger partial charge in [-0.25, -0.2) is 9.97 Å². The highest BCUT2D eigenvalue weighted by atomic mass is 35.5. The summed E-state index contributed by atoms with van der Waals surface area (Å²) in [7, 11) is 0. The molecule has 0 spiro atoms. The number of aromatic nitrogens is 3. The molecule has 0 bridgehead atoms. The molecule has 2 aromatic heterocycles. The van der Waals surface area contributed by atoms with E-state index in [-0.39, 0.29) is 21.8 Å². The van der Waals surface area contributed by atoms with Crippen molar-refractivity contribution < 1.29 is 9.53 Å². The van der Waals surface area contributed by atoms with Gasteiger partial charge in [-0.15, -0.1) is 0 Å². The summed E-state index contributed by atoms with van der Waals surface area (Å²) in [6.07, 6.45) is 5.28. The number of nitrogens with zero attached hydrogens (tertiary/aromatic N) is 3. The van der Waals surface area contributed by atoms with Crippen molar-refractivity contribution in [1.29, 1.82) is 0 Å². The van der Waals surface area contributed by atoms with Gasteiger partial charge in [-0.2, -0.15) is 0 Å². The molecule has 0 aliphatic heterocycles. The minimum absolute atomic E-state index is 0.0449. The molecule has 3 aromatic rings. The third-order valence-electron chi connectivity index (χ3n) is 3.36. The molecule has 0 unspecified atom stereocenters. The van der Waals surface area contributed by atoms with E-state index in [0.717, 1.165) is 0 Å². The zero-order valence-electron chi connectivity index (χ0n) is 13.0. The lowest BCUT2D eigenvalue weighted by Gasteiger charge is -2.13. The molecule has 0 aliphatic rings. The fraction of sp³-hybridized carbons (Fsp3) is 0.118. The largest absolute Gasteiger partial charge is 0.490 e. The Morgan fingerprint density at radius 2 is 2.04 bits per heavy atom. The van der Waals surface area contributed by atoms with E-state index in [1.54, 1.807) is 30.7 Å². The lowest BCUT2D eigenvalue weighted by Crippen LogP contribution is -2.14. The molecule has 6 nitrogen and oxygen atoms in total. The summed E-state index contributed by atoms with van der Waals surface area (Å²) in [5.41, 5.74) is 0.781. The number of pyridine rings is 1. The second kappa shape index (κ2) is 8.00. The Bertz CT molecular complexity index is 869. The number of amides is 1. The smallest absolute Gasteiger partial charge is 0.258 e. The van der Waals surface area contributed by atoms with Gasteiger partial charge in [0.15, 0.2) is 0 Å². The fourth-order valence-electron chi connectivity index (χ4n) is 2.15. The van der Waals surface area contributed by atoms with Crippen LogP contribution in [-0.4, -0.2) is 27.0 Å². The van der Waals surface area contributed by atoms with Crippen LogP contribution in [0.5, 0.6) is 5.75 Å². The standard InChI is InChI=1S/C17H14Cl2N4O2/c18-15-6-5-12(16(19)22-15)17(24)21-13-3-1-2-4-14(13)25-10-9-23-8-7-20-11-23/h1-8,11H,9-10H2,(H,21,24). The quantitative estimate of drug-likeness (QED) is 0.662. The van der Waals surface area contributed by atoms with Crippen molar-refractivity contribution in [3.63, 3.8) is 0 Å². The summed E-state index contributed by atoms with van der Waals surface area (Å²) in [5.74, 6) is 0.175. The molecule has 0 saturated carbocycles. The maximum absolute atomic E-state index is 12.4. The van der Waals surface area contributed by atoms with Crippen molar-refractivity contribution in [3.05, 3.63) is 71.0 Å². The molecule has 1 amide bonds. The normalized spacial score (nSPS) is 10.5. The third kappa shape index (κ3) is 4.49. The fourth-order valence-corrected chi connectivity index (χ4v) is 2.58. The Kier molecular flexibility index (Phi) is 5.53. The molecule has 25 heavy (non-hydrogen) atoms. The maximum atomic E-state index is 12.4. The molecule has 2 heterocycles. The van der Waals surface area contributed by atoms with Crippen molar-refractivity contribution in [3.8, 4) is 5.75 Å². The van der Waals surface area contributed by atoms with E-state index < -0.39 is 0 Å². The van der Waals surface area contributed by atoms with Gasteiger partial charge in [-0.3, -0.25) is 4.79 Å². The predicted molar refractivity (Wildman–Crippen MR) is 96.4 cm³/mol. The molecule has 0 radical (unpaired) electrons. The highest BCUT2D eigenvalue weighted by Gasteiger charge is 2.14. The van der Waals surface area contributed by atoms with Crippen LogP contribution in [-0.2, 0) is 6.54 Å². The summed E-state index contributed by atoms with van der Waals surface area (Å²) in [6, 6.07) is 10.2. The van der Waals surface area contributed by atoms with Crippen LogP contribution in [0.1, 0.15) is 10.4 Å². The Balaban J connectivity index is 1.68. The first-order valence-electron chi connectivity index (χ1n) is 7.44. The predicted octanol–water partition coefficient (Wildman–Crippen LogP) is 3.92.